The summed E-state index contributed by atoms with van der Waals surface area (Å²) in [5.41, 5.74) is 5.59. The van der Waals surface area contributed by atoms with Gasteiger partial charge in [0.05, 0.1) is 23.4 Å². The van der Waals surface area contributed by atoms with Gasteiger partial charge in [0.1, 0.15) is 5.76 Å². The van der Waals surface area contributed by atoms with Gasteiger partial charge in [-0.3, -0.25) is 9.48 Å². The number of benzene rings is 1. The van der Waals surface area contributed by atoms with Crippen LogP contribution in [0.4, 0.5) is 0 Å². The second kappa shape index (κ2) is 7.20. The lowest BCUT2D eigenvalue weighted by Crippen LogP contribution is -2.20. The Morgan fingerprint density at radius 3 is 2.81 bits per heavy atom. The van der Waals surface area contributed by atoms with E-state index < -0.39 is 0 Å². The number of carbonyl (C=O) groups excluding carboxylic acids is 1. The summed E-state index contributed by atoms with van der Waals surface area (Å²) in [7, 11) is 3.40. The number of aromatic nitrogens is 3. The molecule has 4 rings (SSSR count). The largest absolute Gasteiger partial charge is 0.451 e. The van der Waals surface area contributed by atoms with Crippen molar-refractivity contribution in [3.8, 4) is 22.6 Å². The molecule has 4 aromatic rings. The fourth-order valence-electron chi connectivity index (χ4n) is 2.75. The van der Waals surface area contributed by atoms with E-state index in [1.165, 1.54) is 4.90 Å². The molecule has 136 valence electrons. The van der Waals surface area contributed by atoms with Crippen LogP contribution in [0.3, 0.4) is 0 Å². The van der Waals surface area contributed by atoms with Crippen molar-refractivity contribution in [2.45, 2.75) is 6.54 Å². The molecular formula is C20H18N4O2S. The molecule has 27 heavy (non-hydrogen) atoms. The highest BCUT2D eigenvalue weighted by atomic mass is 32.1. The highest BCUT2D eigenvalue weighted by Gasteiger charge is 2.14. The quantitative estimate of drug-likeness (QED) is 0.526. The molecule has 3 heterocycles. The fraction of sp³-hybridized carbons (Fsp3) is 0.150. The van der Waals surface area contributed by atoms with E-state index in [1.807, 2.05) is 58.2 Å². The van der Waals surface area contributed by atoms with Crippen molar-refractivity contribution in [2.75, 3.05) is 14.1 Å². The Kier molecular flexibility index (Phi) is 4.60. The van der Waals surface area contributed by atoms with Crippen LogP contribution in [-0.2, 0) is 6.54 Å². The zero-order chi connectivity index (χ0) is 18.8. The van der Waals surface area contributed by atoms with Crippen LogP contribution in [0.1, 0.15) is 16.2 Å². The number of rotatable bonds is 5. The van der Waals surface area contributed by atoms with E-state index in [2.05, 4.69) is 10.1 Å². The summed E-state index contributed by atoms with van der Waals surface area (Å²) >= 11 is 1.58. The lowest BCUT2D eigenvalue weighted by Gasteiger charge is -2.07. The minimum absolute atomic E-state index is 0.154. The Morgan fingerprint density at radius 1 is 1.19 bits per heavy atom. The van der Waals surface area contributed by atoms with Gasteiger partial charge in [-0.1, -0.05) is 18.2 Å². The van der Waals surface area contributed by atoms with Crippen molar-refractivity contribution in [2.24, 2.45) is 0 Å². The minimum atomic E-state index is -0.154. The second-order valence-electron chi connectivity index (χ2n) is 6.32. The Morgan fingerprint density at radius 2 is 2.04 bits per heavy atom. The first-order valence-corrected chi connectivity index (χ1v) is 9.37. The van der Waals surface area contributed by atoms with Crippen LogP contribution in [0, 0.1) is 0 Å². The van der Waals surface area contributed by atoms with Crippen molar-refractivity contribution < 1.29 is 9.21 Å². The third-order valence-electron chi connectivity index (χ3n) is 4.11. The Labute approximate surface area is 160 Å². The molecule has 0 radical (unpaired) electrons. The second-order valence-corrected chi connectivity index (χ2v) is 7.04. The minimum Gasteiger partial charge on any atom is -0.451 e. The molecule has 0 fully saturated rings. The molecule has 0 spiro atoms. The highest BCUT2D eigenvalue weighted by molar-refractivity contribution is 7.07. The van der Waals surface area contributed by atoms with E-state index in [4.69, 9.17) is 4.42 Å². The average molecular weight is 378 g/mol. The van der Waals surface area contributed by atoms with Gasteiger partial charge < -0.3 is 9.32 Å². The van der Waals surface area contributed by atoms with E-state index >= 15 is 0 Å². The summed E-state index contributed by atoms with van der Waals surface area (Å²) in [6, 6.07) is 13.4. The zero-order valence-electron chi connectivity index (χ0n) is 15.0. The first-order valence-electron chi connectivity index (χ1n) is 8.43. The third kappa shape index (κ3) is 3.68. The Bertz CT molecular complexity index is 1060. The van der Waals surface area contributed by atoms with Gasteiger partial charge in [0.2, 0.25) is 0 Å². The van der Waals surface area contributed by atoms with Gasteiger partial charge in [0, 0.05) is 36.8 Å². The van der Waals surface area contributed by atoms with E-state index in [0.717, 1.165) is 22.5 Å². The van der Waals surface area contributed by atoms with Crippen molar-refractivity contribution >= 4 is 17.2 Å². The summed E-state index contributed by atoms with van der Waals surface area (Å²) in [5.74, 6) is 0.829. The molecule has 0 unspecified atom stereocenters. The smallest absolute Gasteiger partial charge is 0.289 e. The van der Waals surface area contributed by atoms with E-state index in [1.54, 1.807) is 31.5 Å². The summed E-state index contributed by atoms with van der Waals surface area (Å²) in [4.78, 5) is 17.8. The zero-order valence-corrected chi connectivity index (χ0v) is 15.8. The molecule has 3 aromatic heterocycles. The molecule has 0 bridgehead atoms. The van der Waals surface area contributed by atoms with Crippen LogP contribution in [0.25, 0.3) is 22.6 Å². The molecule has 0 saturated heterocycles. The highest BCUT2D eigenvalue weighted by Crippen LogP contribution is 2.27. The monoisotopic (exact) mass is 378 g/mol. The topological polar surface area (TPSA) is 64.2 Å². The number of amides is 1. The first kappa shape index (κ1) is 17.2. The standard InChI is InChI=1S/C20H18N4O2S/c1-23(2)20(25)19-7-6-18(26-19)15-5-3-4-14(10-15)17-8-9-24(22-17)11-16-12-27-13-21-16/h3-10,12-13H,11H2,1-2H3. The van der Waals surface area contributed by atoms with Gasteiger partial charge in [-0.25, -0.2) is 4.98 Å². The predicted molar refractivity (Wildman–Crippen MR) is 105 cm³/mol. The molecule has 0 aliphatic carbocycles. The van der Waals surface area contributed by atoms with Crippen LogP contribution in [0.5, 0.6) is 0 Å². The normalized spacial score (nSPS) is 10.9. The third-order valence-corrected chi connectivity index (χ3v) is 4.75. The molecular weight excluding hydrogens is 360 g/mol. The number of hydrogen-bond acceptors (Lipinski definition) is 5. The van der Waals surface area contributed by atoms with Crippen molar-refractivity contribution in [3.05, 3.63) is 71.0 Å². The van der Waals surface area contributed by atoms with Crippen molar-refractivity contribution in [3.63, 3.8) is 0 Å². The number of carbonyl (C=O) groups is 1. The lowest BCUT2D eigenvalue weighted by molar-refractivity contribution is 0.0797. The number of nitrogens with zero attached hydrogens (tertiary/aromatic N) is 4. The maximum absolute atomic E-state index is 12.0. The lowest BCUT2D eigenvalue weighted by atomic mass is 10.1. The van der Waals surface area contributed by atoms with Gasteiger partial charge in [0.15, 0.2) is 5.76 Å². The Hall–Kier alpha value is -3.19. The SMILES string of the molecule is CN(C)C(=O)c1ccc(-c2cccc(-c3ccn(Cc4cscn4)n3)c2)o1. The van der Waals surface area contributed by atoms with Crippen LogP contribution < -0.4 is 0 Å². The predicted octanol–water partition coefficient (Wildman–Crippen LogP) is 4.02. The van der Waals surface area contributed by atoms with Gasteiger partial charge in [-0.15, -0.1) is 11.3 Å². The van der Waals surface area contributed by atoms with Gasteiger partial charge >= 0.3 is 0 Å². The van der Waals surface area contributed by atoms with Crippen molar-refractivity contribution in [1.82, 2.24) is 19.7 Å². The molecule has 0 saturated carbocycles. The maximum Gasteiger partial charge on any atom is 0.289 e. The molecule has 0 atom stereocenters. The van der Waals surface area contributed by atoms with Crippen LogP contribution >= 0.6 is 11.3 Å². The molecule has 1 amide bonds. The molecule has 0 N–H and O–H groups in total. The van der Waals surface area contributed by atoms with Crippen LogP contribution in [-0.4, -0.2) is 39.7 Å². The fourth-order valence-corrected chi connectivity index (χ4v) is 3.30. The van der Waals surface area contributed by atoms with Gasteiger partial charge in [-0.05, 0) is 24.3 Å². The maximum atomic E-state index is 12.0. The van der Waals surface area contributed by atoms with E-state index in [9.17, 15) is 4.79 Å². The van der Waals surface area contributed by atoms with Gasteiger partial charge in [-0.2, -0.15) is 5.10 Å². The van der Waals surface area contributed by atoms with Crippen molar-refractivity contribution in [1.29, 1.82) is 0 Å². The molecule has 0 aliphatic heterocycles. The summed E-state index contributed by atoms with van der Waals surface area (Å²) in [6.07, 6.45) is 1.95. The number of furan rings is 1. The number of hydrogen-bond donors (Lipinski definition) is 0. The van der Waals surface area contributed by atoms with E-state index in [-0.39, 0.29) is 5.91 Å². The van der Waals surface area contributed by atoms with Crippen LogP contribution in [0.15, 0.2) is 64.0 Å². The number of thiazole rings is 1. The molecule has 6 nitrogen and oxygen atoms in total. The average Bonchev–Trinajstić information content (AvgIpc) is 3.43. The Balaban J connectivity index is 1.58. The summed E-state index contributed by atoms with van der Waals surface area (Å²) in [6.45, 7) is 0.650. The first-order chi connectivity index (χ1) is 13.1. The molecule has 1 aromatic carbocycles. The molecule has 7 heteroatoms. The molecule has 0 aliphatic rings. The van der Waals surface area contributed by atoms with E-state index in [0.29, 0.717) is 18.1 Å². The summed E-state index contributed by atoms with van der Waals surface area (Å²) < 4.78 is 7.61. The summed E-state index contributed by atoms with van der Waals surface area (Å²) in [5, 5.41) is 6.66. The van der Waals surface area contributed by atoms with Gasteiger partial charge in [0.25, 0.3) is 5.91 Å². The van der Waals surface area contributed by atoms with Crippen LogP contribution in [0.2, 0.25) is 0 Å².